The highest BCUT2D eigenvalue weighted by atomic mass is 32.1. The van der Waals surface area contributed by atoms with E-state index in [9.17, 15) is 4.79 Å². The second-order valence-corrected chi connectivity index (χ2v) is 8.29. The molecule has 0 N–H and O–H groups in total. The molecule has 4 rings (SSSR count). The number of benzene rings is 1. The molecule has 0 bridgehead atoms. The van der Waals surface area contributed by atoms with E-state index >= 15 is 0 Å². The van der Waals surface area contributed by atoms with Gasteiger partial charge in [-0.1, -0.05) is 30.3 Å². The van der Waals surface area contributed by atoms with Gasteiger partial charge in [-0.2, -0.15) is 0 Å². The first kappa shape index (κ1) is 18.4. The van der Waals surface area contributed by atoms with Gasteiger partial charge in [0.15, 0.2) is 5.13 Å². The van der Waals surface area contributed by atoms with E-state index in [1.807, 2.05) is 23.1 Å². The number of aryl methyl sites for hydroxylation is 1. The van der Waals surface area contributed by atoms with E-state index < -0.39 is 0 Å². The number of hydrogen-bond acceptors (Lipinski definition) is 5. The first-order valence-corrected chi connectivity index (χ1v) is 10.9. The number of thiazole rings is 1. The van der Waals surface area contributed by atoms with Crippen LogP contribution in [0.5, 0.6) is 0 Å². The summed E-state index contributed by atoms with van der Waals surface area (Å²) in [5.74, 6) is 0.271. The van der Waals surface area contributed by atoms with Crippen LogP contribution in [0.4, 0.5) is 5.13 Å². The van der Waals surface area contributed by atoms with Crippen LogP contribution >= 0.6 is 11.3 Å². The lowest BCUT2D eigenvalue weighted by Crippen LogP contribution is -2.48. The third kappa shape index (κ3) is 4.87. The molecule has 6 heteroatoms. The van der Waals surface area contributed by atoms with Gasteiger partial charge in [-0.25, -0.2) is 4.98 Å². The van der Waals surface area contributed by atoms with E-state index in [0.717, 1.165) is 44.3 Å². The molecule has 2 aromatic rings. The van der Waals surface area contributed by atoms with Gasteiger partial charge in [-0.3, -0.25) is 9.69 Å². The van der Waals surface area contributed by atoms with Crippen molar-refractivity contribution in [3.63, 3.8) is 0 Å². The highest BCUT2D eigenvalue weighted by molar-refractivity contribution is 7.13. The maximum absolute atomic E-state index is 12.5. The van der Waals surface area contributed by atoms with Crippen LogP contribution in [0.25, 0.3) is 0 Å². The Kier molecular flexibility index (Phi) is 6.04. The summed E-state index contributed by atoms with van der Waals surface area (Å²) in [6.45, 7) is 6.76. The number of amides is 1. The average molecular weight is 385 g/mol. The molecule has 2 fully saturated rings. The van der Waals surface area contributed by atoms with Crippen LogP contribution in [0.1, 0.15) is 30.5 Å². The SMILES string of the molecule is O=C(CCc1ccccc1)N1CCN(c2nc(CN3CCCC3)cs2)CC1. The Morgan fingerprint density at radius 1 is 1.00 bits per heavy atom. The third-order valence-electron chi connectivity index (χ3n) is 5.50. The molecule has 2 aliphatic heterocycles. The van der Waals surface area contributed by atoms with Gasteiger partial charge in [0.25, 0.3) is 0 Å². The van der Waals surface area contributed by atoms with E-state index in [1.165, 1.54) is 37.2 Å². The summed E-state index contributed by atoms with van der Waals surface area (Å²) in [4.78, 5) is 24.2. The Morgan fingerprint density at radius 3 is 2.48 bits per heavy atom. The van der Waals surface area contributed by atoms with Gasteiger partial charge < -0.3 is 9.80 Å². The van der Waals surface area contributed by atoms with Crippen LogP contribution in [-0.4, -0.2) is 60.0 Å². The monoisotopic (exact) mass is 384 g/mol. The van der Waals surface area contributed by atoms with E-state index in [2.05, 4.69) is 27.3 Å². The largest absolute Gasteiger partial charge is 0.345 e. The zero-order valence-electron chi connectivity index (χ0n) is 15.8. The predicted octanol–water partition coefficient (Wildman–Crippen LogP) is 3.02. The summed E-state index contributed by atoms with van der Waals surface area (Å²) in [5.41, 5.74) is 2.43. The minimum absolute atomic E-state index is 0.271. The van der Waals surface area contributed by atoms with Gasteiger partial charge in [-0.05, 0) is 37.9 Å². The number of anilines is 1. The summed E-state index contributed by atoms with van der Waals surface area (Å²) in [5, 5.41) is 3.31. The second-order valence-electron chi connectivity index (χ2n) is 7.46. The van der Waals surface area contributed by atoms with Crippen molar-refractivity contribution in [2.75, 3.05) is 44.2 Å². The number of carbonyl (C=O) groups excluding carboxylic acids is 1. The normalized spacial score (nSPS) is 18.2. The Labute approximate surface area is 165 Å². The minimum atomic E-state index is 0.271. The van der Waals surface area contributed by atoms with Gasteiger partial charge in [0, 0.05) is 44.5 Å². The molecule has 0 radical (unpaired) electrons. The van der Waals surface area contributed by atoms with E-state index in [0.29, 0.717) is 6.42 Å². The van der Waals surface area contributed by atoms with E-state index in [1.54, 1.807) is 11.3 Å². The van der Waals surface area contributed by atoms with Gasteiger partial charge in [0.2, 0.25) is 5.91 Å². The first-order valence-electron chi connectivity index (χ1n) is 10.0. The van der Waals surface area contributed by atoms with Crippen LogP contribution in [0, 0.1) is 0 Å². The van der Waals surface area contributed by atoms with Crippen LogP contribution in [0.15, 0.2) is 35.7 Å². The Balaban J connectivity index is 1.23. The molecule has 1 aromatic heterocycles. The van der Waals surface area contributed by atoms with Gasteiger partial charge in [0.05, 0.1) is 5.69 Å². The number of likely N-dealkylation sites (tertiary alicyclic amines) is 1. The first-order chi connectivity index (χ1) is 13.3. The van der Waals surface area contributed by atoms with Crippen LogP contribution in [0.2, 0.25) is 0 Å². The summed E-state index contributed by atoms with van der Waals surface area (Å²) >= 11 is 1.74. The van der Waals surface area contributed by atoms with Gasteiger partial charge in [-0.15, -0.1) is 11.3 Å². The van der Waals surface area contributed by atoms with Gasteiger partial charge >= 0.3 is 0 Å². The minimum Gasteiger partial charge on any atom is -0.345 e. The van der Waals surface area contributed by atoms with Crippen molar-refractivity contribution in [2.45, 2.75) is 32.2 Å². The number of piperazine rings is 1. The smallest absolute Gasteiger partial charge is 0.223 e. The molecule has 1 amide bonds. The number of rotatable bonds is 6. The van der Waals surface area contributed by atoms with Crippen LogP contribution in [-0.2, 0) is 17.8 Å². The summed E-state index contributed by atoms with van der Waals surface area (Å²) in [6.07, 6.45) is 4.06. The molecule has 3 heterocycles. The van der Waals surface area contributed by atoms with Crippen molar-refractivity contribution in [1.82, 2.24) is 14.8 Å². The van der Waals surface area contributed by atoms with Crippen molar-refractivity contribution in [3.05, 3.63) is 47.0 Å². The van der Waals surface area contributed by atoms with Crippen molar-refractivity contribution < 1.29 is 4.79 Å². The molecule has 144 valence electrons. The summed E-state index contributed by atoms with van der Waals surface area (Å²) in [7, 11) is 0. The zero-order valence-corrected chi connectivity index (χ0v) is 16.7. The van der Waals surface area contributed by atoms with Crippen molar-refractivity contribution in [2.24, 2.45) is 0 Å². The lowest BCUT2D eigenvalue weighted by molar-refractivity contribution is -0.131. The van der Waals surface area contributed by atoms with Crippen LogP contribution in [0.3, 0.4) is 0 Å². The van der Waals surface area contributed by atoms with Crippen molar-refractivity contribution >= 4 is 22.4 Å². The highest BCUT2D eigenvalue weighted by Crippen LogP contribution is 2.23. The van der Waals surface area contributed by atoms with E-state index in [4.69, 9.17) is 4.98 Å². The van der Waals surface area contributed by atoms with Crippen LogP contribution < -0.4 is 4.90 Å². The van der Waals surface area contributed by atoms with Crippen molar-refractivity contribution in [3.8, 4) is 0 Å². The molecule has 1 aromatic carbocycles. The third-order valence-corrected chi connectivity index (χ3v) is 6.45. The summed E-state index contributed by atoms with van der Waals surface area (Å²) < 4.78 is 0. The Bertz CT molecular complexity index is 734. The zero-order chi connectivity index (χ0) is 18.5. The topological polar surface area (TPSA) is 39.7 Å². The molecular weight excluding hydrogens is 356 g/mol. The number of carbonyl (C=O) groups is 1. The average Bonchev–Trinajstić information content (AvgIpc) is 3.40. The molecule has 2 saturated heterocycles. The highest BCUT2D eigenvalue weighted by Gasteiger charge is 2.23. The summed E-state index contributed by atoms with van der Waals surface area (Å²) in [6, 6.07) is 10.3. The molecule has 2 aliphatic rings. The molecule has 0 spiro atoms. The molecule has 5 nitrogen and oxygen atoms in total. The number of aromatic nitrogens is 1. The standard InChI is InChI=1S/C21H28N4OS/c26-20(9-8-18-6-2-1-3-7-18)24-12-14-25(15-13-24)21-22-19(17-27-21)16-23-10-4-5-11-23/h1-3,6-7,17H,4-5,8-16H2. The molecule has 0 atom stereocenters. The number of nitrogens with zero attached hydrogens (tertiary/aromatic N) is 4. The lowest BCUT2D eigenvalue weighted by atomic mass is 10.1. The van der Waals surface area contributed by atoms with Gasteiger partial charge in [0.1, 0.15) is 0 Å². The van der Waals surface area contributed by atoms with Crippen molar-refractivity contribution in [1.29, 1.82) is 0 Å². The fourth-order valence-corrected chi connectivity index (χ4v) is 4.76. The van der Waals surface area contributed by atoms with E-state index in [-0.39, 0.29) is 5.91 Å². The fraction of sp³-hybridized carbons (Fsp3) is 0.524. The molecule has 0 saturated carbocycles. The Morgan fingerprint density at radius 2 is 1.74 bits per heavy atom. The fourth-order valence-electron chi connectivity index (χ4n) is 3.89. The predicted molar refractivity (Wildman–Crippen MR) is 110 cm³/mol. The number of hydrogen-bond donors (Lipinski definition) is 0. The Hall–Kier alpha value is -1.92. The lowest BCUT2D eigenvalue weighted by Gasteiger charge is -2.34. The molecule has 0 aliphatic carbocycles. The quantitative estimate of drug-likeness (QED) is 0.768. The molecule has 27 heavy (non-hydrogen) atoms. The maximum Gasteiger partial charge on any atom is 0.223 e. The second kappa shape index (κ2) is 8.85. The maximum atomic E-state index is 12.5. The molecule has 0 unspecified atom stereocenters. The molecular formula is C21H28N4OS.